The van der Waals surface area contributed by atoms with Crippen LogP contribution in [0.1, 0.15) is 36.7 Å². The number of hydrogen-bond donors (Lipinski definition) is 0. The lowest BCUT2D eigenvalue weighted by Gasteiger charge is -2.40. The Kier molecular flexibility index (Phi) is 7.28. The predicted molar refractivity (Wildman–Crippen MR) is 114 cm³/mol. The maximum atomic E-state index is 14.0. The Balaban J connectivity index is 1.94. The molecule has 0 saturated heterocycles. The van der Waals surface area contributed by atoms with Crippen molar-refractivity contribution in [2.75, 3.05) is 6.61 Å². The molecular weight excluding hydrogens is 479 g/mol. The average molecular weight is 504 g/mol. The number of fused-ring (bicyclic) bond motifs is 1. The molecule has 0 saturated carbocycles. The van der Waals surface area contributed by atoms with Crippen molar-refractivity contribution >= 4 is 15.0 Å². The predicted octanol–water partition coefficient (Wildman–Crippen LogP) is 5.73. The third-order valence-electron chi connectivity index (χ3n) is 5.18. The van der Waals surface area contributed by atoms with Gasteiger partial charge in [-0.2, -0.15) is 8.78 Å². The number of halogens is 5. The Labute approximate surface area is 195 Å². The van der Waals surface area contributed by atoms with Crippen LogP contribution in [-0.4, -0.2) is 33.8 Å². The Morgan fingerprint density at radius 3 is 2.12 bits per heavy atom. The van der Waals surface area contributed by atoms with Crippen LogP contribution in [0.25, 0.3) is 0 Å². The van der Waals surface area contributed by atoms with E-state index in [0.29, 0.717) is 5.75 Å². The van der Waals surface area contributed by atoms with Crippen LogP contribution in [0.3, 0.4) is 0 Å². The Morgan fingerprint density at radius 2 is 1.59 bits per heavy atom. The normalized spacial score (nSPS) is 16.5. The lowest BCUT2D eigenvalue weighted by atomic mass is 9.85. The van der Waals surface area contributed by atoms with E-state index in [1.54, 1.807) is 0 Å². The number of ether oxygens (including phenoxy) is 3. The number of benzene rings is 2. The molecule has 0 bridgehead atoms. The van der Waals surface area contributed by atoms with Crippen molar-refractivity contribution < 1.29 is 45.4 Å². The van der Waals surface area contributed by atoms with E-state index in [-0.39, 0.29) is 35.0 Å². The van der Waals surface area contributed by atoms with Crippen LogP contribution in [0.4, 0.5) is 22.0 Å². The topological polar surface area (TPSA) is 54.0 Å². The fourth-order valence-electron chi connectivity index (χ4n) is 3.54. The highest BCUT2D eigenvalue weighted by Gasteiger charge is 2.39. The van der Waals surface area contributed by atoms with Gasteiger partial charge in [-0.3, -0.25) is 0 Å². The zero-order valence-electron chi connectivity index (χ0n) is 19.4. The molecule has 2 atom stereocenters. The van der Waals surface area contributed by atoms with E-state index in [1.165, 1.54) is 19.1 Å². The molecular formula is C23H24F5O5Si. The average Bonchev–Trinajstić information content (AvgIpc) is 2.77. The second-order valence-electron chi connectivity index (χ2n) is 9.13. The van der Waals surface area contributed by atoms with Gasteiger partial charge in [0.15, 0.2) is 17.6 Å². The maximum absolute atomic E-state index is 14.0. The summed E-state index contributed by atoms with van der Waals surface area (Å²) in [7, 11) is -1.09. The molecule has 185 valence electrons. The lowest BCUT2D eigenvalue weighted by Crippen LogP contribution is -2.49. The van der Waals surface area contributed by atoms with E-state index in [0.717, 1.165) is 0 Å². The van der Waals surface area contributed by atoms with Crippen LogP contribution in [0, 0.1) is 41.4 Å². The molecule has 2 aromatic carbocycles. The zero-order valence-corrected chi connectivity index (χ0v) is 20.4. The molecule has 11 heteroatoms. The van der Waals surface area contributed by atoms with Gasteiger partial charge >= 0.3 is 5.97 Å². The van der Waals surface area contributed by atoms with Crippen molar-refractivity contribution in [1.29, 1.82) is 0 Å². The molecule has 1 aliphatic rings. The van der Waals surface area contributed by atoms with Crippen LogP contribution >= 0.6 is 0 Å². The molecule has 2 aromatic rings. The first-order valence-electron chi connectivity index (χ1n) is 10.4. The summed E-state index contributed by atoms with van der Waals surface area (Å²) in [6.45, 7) is 11.6. The number of carbonyl (C=O) groups is 1. The lowest BCUT2D eigenvalue weighted by molar-refractivity contribution is -0.0477. The van der Waals surface area contributed by atoms with Crippen LogP contribution in [0.15, 0.2) is 12.1 Å². The number of hydrogen-bond acceptors (Lipinski definition) is 5. The van der Waals surface area contributed by atoms with Gasteiger partial charge in [0.1, 0.15) is 6.61 Å². The van der Waals surface area contributed by atoms with Gasteiger partial charge in [0.05, 0.1) is 11.7 Å². The summed E-state index contributed by atoms with van der Waals surface area (Å²) in [6, 6.07) is 2.65. The van der Waals surface area contributed by atoms with Crippen molar-refractivity contribution in [2.45, 2.75) is 53.0 Å². The molecule has 0 spiro atoms. The molecule has 34 heavy (non-hydrogen) atoms. The van der Waals surface area contributed by atoms with Crippen LogP contribution in [0.5, 0.6) is 17.2 Å². The summed E-state index contributed by atoms with van der Waals surface area (Å²) >= 11 is 0. The van der Waals surface area contributed by atoms with Gasteiger partial charge in [0.25, 0.3) is 0 Å². The van der Waals surface area contributed by atoms with Crippen molar-refractivity contribution in [1.82, 2.24) is 0 Å². The van der Waals surface area contributed by atoms with Crippen molar-refractivity contribution in [3.63, 3.8) is 0 Å². The van der Waals surface area contributed by atoms with Crippen molar-refractivity contribution in [3.05, 3.63) is 52.3 Å². The number of esters is 1. The molecule has 0 amide bonds. The van der Waals surface area contributed by atoms with Crippen molar-refractivity contribution in [3.8, 4) is 17.2 Å². The summed E-state index contributed by atoms with van der Waals surface area (Å²) in [4.78, 5) is 12.6. The first kappa shape index (κ1) is 26.0. The second kappa shape index (κ2) is 9.53. The summed E-state index contributed by atoms with van der Waals surface area (Å²) in [5, 5.41) is 0. The minimum Gasteiger partial charge on any atom is -0.486 e. The van der Waals surface area contributed by atoms with Gasteiger partial charge < -0.3 is 18.6 Å². The highest BCUT2D eigenvalue weighted by Crippen LogP contribution is 2.40. The number of carbonyl (C=O) groups excluding carboxylic acids is 1. The first-order valence-corrected chi connectivity index (χ1v) is 12.8. The van der Waals surface area contributed by atoms with E-state index in [9.17, 15) is 26.7 Å². The van der Waals surface area contributed by atoms with E-state index in [2.05, 4.69) is 4.74 Å². The standard InChI is InChI=1S/C23H24F5O5Si/c1-10-11(22(29)32-20-17(27)15(25)14(24)16(26)18(20)28)7-8-12-19(10)31-13(9-30-12)21(23(2,3)4)33-34(5)6/h7-8,13,21H,9H2,1-6H3/t13?,21-/m1/s1. The van der Waals surface area contributed by atoms with E-state index < -0.39 is 55.9 Å². The number of rotatable bonds is 5. The van der Waals surface area contributed by atoms with Crippen LogP contribution < -0.4 is 14.2 Å². The minimum absolute atomic E-state index is 0.192. The van der Waals surface area contributed by atoms with E-state index in [4.69, 9.17) is 13.9 Å². The summed E-state index contributed by atoms with van der Waals surface area (Å²) in [5.41, 5.74) is -0.290. The third kappa shape index (κ3) is 4.90. The quantitative estimate of drug-likeness (QED) is 0.130. The smallest absolute Gasteiger partial charge is 0.344 e. The molecule has 3 rings (SSSR count). The summed E-state index contributed by atoms with van der Waals surface area (Å²) < 4.78 is 90.8. The maximum Gasteiger partial charge on any atom is 0.344 e. The first-order chi connectivity index (χ1) is 15.7. The van der Waals surface area contributed by atoms with Gasteiger partial charge in [0, 0.05) is 5.56 Å². The highest BCUT2D eigenvalue weighted by atomic mass is 28.3. The molecule has 0 aromatic heterocycles. The molecule has 1 radical (unpaired) electrons. The fourth-order valence-corrected chi connectivity index (χ4v) is 4.55. The van der Waals surface area contributed by atoms with Gasteiger partial charge in [-0.25, -0.2) is 18.0 Å². The van der Waals surface area contributed by atoms with Gasteiger partial charge in [0.2, 0.25) is 43.9 Å². The molecule has 0 N–H and O–H groups in total. The van der Waals surface area contributed by atoms with Gasteiger partial charge in [-0.05, 0) is 37.6 Å². The SMILES string of the molecule is Cc1c(C(=O)Oc2c(F)c(F)c(F)c(F)c2F)ccc2c1OC([C@@H](O[Si](C)C)C(C)(C)C)CO2. The highest BCUT2D eigenvalue weighted by molar-refractivity contribution is 6.48. The summed E-state index contributed by atoms with van der Waals surface area (Å²) in [6.07, 6.45) is -0.861. The third-order valence-corrected chi connectivity index (χ3v) is 5.91. The van der Waals surface area contributed by atoms with Crippen LogP contribution in [-0.2, 0) is 4.43 Å². The molecule has 5 nitrogen and oxygen atoms in total. The Bertz CT molecular complexity index is 1090. The molecule has 1 aliphatic heterocycles. The van der Waals surface area contributed by atoms with Gasteiger partial charge in [-0.15, -0.1) is 0 Å². The Hall–Kier alpha value is -2.66. The zero-order chi connectivity index (χ0) is 25.5. The van der Waals surface area contributed by atoms with E-state index >= 15 is 0 Å². The molecule has 0 aliphatic carbocycles. The summed E-state index contributed by atoms with van der Waals surface area (Å²) in [5.74, 6) is -13.8. The van der Waals surface area contributed by atoms with Crippen LogP contribution in [0.2, 0.25) is 13.1 Å². The molecule has 1 heterocycles. The van der Waals surface area contributed by atoms with Gasteiger partial charge in [-0.1, -0.05) is 20.8 Å². The largest absolute Gasteiger partial charge is 0.486 e. The van der Waals surface area contributed by atoms with Crippen molar-refractivity contribution in [2.24, 2.45) is 5.41 Å². The molecule has 1 unspecified atom stereocenters. The van der Waals surface area contributed by atoms with E-state index in [1.807, 2.05) is 33.9 Å². The monoisotopic (exact) mass is 503 g/mol. The Morgan fingerprint density at radius 1 is 1.03 bits per heavy atom. The fraction of sp³-hybridized carbons (Fsp3) is 0.435. The second-order valence-corrected chi connectivity index (χ2v) is 11.2. The molecule has 0 fully saturated rings. The minimum atomic E-state index is -2.35.